The molecule has 64 heavy (non-hydrogen) atoms. The third kappa shape index (κ3) is 17.0. The summed E-state index contributed by atoms with van der Waals surface area (Å²) in [7, 11) is -2.64. The number of nitrogens with two attached hydrogens (primary N) is 1. The van der Waals surface area contributed by atoms with Gasteiger partial charge >= 0.3 is 25.6 Å². The first-order valence-electron chi connectivity index (χ1n) is 19.5. The largest absolute Gasteiger partial charge is 0.477 e. The first-order chi connectivity index (χ1) is 30.4. The van der Waals surface area contributed by atoms with Crippen molar-refractivity contribution in [2.45, 2.75) is 73.3 Å². The number of nitrogen functional groups attached to an aromatic ring is 1. The Bertz CT molecular complexity index is 1700. The molecule has 3 rings (SSSR count). The average Bonchev–Trinajstić information content (AvgIpc) is 3.53. The third-order valence-corrected chi connectivity index (χ3v) is 10.2. The van der Waals surface area contributed by atoms with Gasteiger partial charge in [0, 0.05) is 26.8 Å². The lowest BCUT2D eigenvalue weighted by molar-refractivity contribution is -0.289. The highest BCUT2D eigenvalue weighted by Crippen LogP contribution is 2.51. The van der Waals surface area contributed by atoms with Crippen LogP contribution in [0.3, 0.4) is 0 Å². The molecule has 29 nitrogen and oxygen atoms in total. The molecule has 0 saturated carbocycles. The van der Waals surface area contributed by atoms with Crippen molar-refractivity contribution in [1.82, 2.24) is 20.2 Å². The van der Waals surface area contributed by atoms with Gasteiger partial charge in [-0.25, -0.2) is 23.5 Å². The molecule has 1 aromatic heterocycles. The van der Waals surface area contributed by atoms with Crippen molar-refractivity contribution in [3.63, 3.8) is 0 Å². The van der Waals surface area contributed by atoms with E-state index in [4.69, 9.17) is 57.4 Å². The second kappa shape index (κ2) is 27.2. The number of methoxy groups -OCH3 is 2. The summed E-state index contributed by atoms with van der Waals surface area (Å²) in [5.74, 6) is -6.81. The highest BCUT2D eigenvalue weighted by molar-refractivity contribution is 7.47. The molecule has 2 fully saturated rings. The van der Waals surface area contributed by atoms with Crippen molar-refractivity contribution in [3.8, 4) is 0 Å². The Hall–Kier alpha value is -3.56. The topological polar surface area (TPSA) is 417 Å². The quantitative estimate of drug-likeness (QED) is 0.0253. The standard InChI is InChI=1S/C34H58N5O24P/c1-53-5-7-55-9-10-57-16-19(58-12-11-56-8-6-54-2)17-59-33(50)36-14-24(43)38-25-20(41)13-34(31(47)48,62-29(25)26(44)21(42)15-40)63-64(51,52)60-18-22-27(45)28(46)30(61-22)39-4-3-23(35)37-32(39)49/h3-4,19-22,25-30,40-42,44-46H,5-18H2,1-2H3,(H,36,50)(H,38,43)(H,47,48)(H,51,52)(H2,35,37,49)/t19?,20-,21-,22?,25-,26-,27-,28-,29?,30-,34-/m1/s1. The van der Waals surface area contributed by atoms with Crippen molar-refractivity contribution in [2.24, 2.45) is 0 Å². The van der Waals surface area contributed by atoms with Gasteiger partial charge in [-0.1, -0.05) is 0 Å². The normalized spacial score (nSPS) is 27.0. The summed E-state index contributed by atoms with van der Waals surface area (Å²) < 4.78 is 71.3. The fraction of sp³-hybridized carbons (Fsp3) is 0.794. The maximum absolute atomic E-state index is 13.2. The predicted molar refractivity (Wildman–Crippen MR) is 208 cm³/mol. The van der Waals surface area contributed by atoms with Crippen molar-refractivity contribution in [3.05, 3.63) is 22.7 Å². The maximum atomic E-state index is 13.2. The lowest BCUT2D eigenvalue weighted by Crippen LogP contribution is -2.68. The fourth-order valence-electron chi connectivity index (χ4n) is 5.93. The molecule has 0 aliphatic carbocycles. The number of nitrogens with one attached hydrogen (secondary N) is 2. The van der Waals surface area contributed by atoms with Gasteiger partial charge < -0.3 is 99.6 Å². The Kier molecular flexibility index (Phi) is 23.3. The number of aromatic nitrogens is 2. The second-order valence-corrected chi connectivity index (χ2v) is 15.3. The number of alkyl carbamates (subject to hydrolysis) is 1. The van der Waals surface area contributed by atoms with Gasteiger partial charge in [0.05, 0.1) is 84.8 Å². The van der Waals surface area contributed by atoms with Crippen LogP contribution in [-0.4, -0.2) is 229 Å². The summed E-state index contributed by atoms with van der Waals surface area (Å²) in [6.07, 6.45) is -17.8. The molecule has 12 N–H and O–H groups in total. The molecule has 3 heterocycles. The van der Waals surface area contributed by atoms with Gasteiger partial charge in [0.1, 0.15) is 61.7 Å². The van der Waals surface area contributed by atoms with E-state index in [1.165, 1.54) is 20.3 Å². The van der Waals surface area contributed by atoms with Gasteiger partial charge in [0.2, 0.25) is 5.91 Å². The summed E-state index contributed by atoms with van der Waals surface area (Å²) in [6.45, 7) is -1.36. The van der Waals surface area contributed by atoms with Gasteiger partial charge in [-0.05, 0) is 6.07 Å². The van der Waals surface area contributed by atoms with E-state index in [2.05, 4.69) is 15.6 Å². The lowest BCUT2D eigenvalue weighted by Gasteiger charge is -2.46. The predicted octanol–water partition coefficient (Wildman–Crippen LogP) is -5.84. The molecule has 4 unspecified atom stereocenters. The minimum absolute atomic E-state index is 0.0304. The summed E-state index contributed by atoms with van der Waals surface area (Å²) in [6, 6.07) is -0.662. The van der Waals surface area contributed by atoms with Crippen molar-refractivity contribution < 1.29 is 111 Å². The van der Waals surface area contributed by atoms with Crippen LogP contribution < -0.4 is 22.1 Å². The molecule has 2 aliphatic heterocycles. The van der Waals surface area contributed by atoms with E-state index >= 15 is 0 Å². The highest BCUT2D eigenvalue weighted by atomic mass is 31.2. The molecular weight excluding hydrogens is 893 g/mol. The average molecular weight is 952 g/mol. The number of amides is 2. The van der Waals surface area contributed by atoms with Gasteiger partial charge in [0.25, 0.3) is 5.79 Å². The van der Waals surface area contributed by atoms with E-state index in [1.54, 1.807) is 0 Å². The van der Waals surface area contributed by atoms with Gasteiger partial charge in [-0.15, -0.1) is 0 Å². The van der Waals surface area contributed by atoms with E-state index in [0.29, 0.717) is 26.4 Å². The van der Waals surface area contributed by atoms with Crippen molar-refractivity contribution >= 4 is 31.6 Å². The number of carbonyl (C=O) groups excluding carboxylic acids is 2. The minimum atomic E-state index is -5.68. The van der Waals surface area contributed by atoms with Crippen LogP contribution in [0.2, 0.25) is 0 Å². The SMILES string of the molecule is COCCOCCOCC(COC(=O)NCC(=O)N[C@H]1C([C@H](O)[C@H](O)CO)O[C@](OP(=O)(O)OCC2O[C@@H](n3ccc(N)nc3=O)[C@H](O)[C@@H]2O)(C(=O)O)C[C@H]1O)OCCOCCOC. The number of phosphoric acid groups is 1. The molecule has 12 atom stereocenters. The number of aliphatic carboxylic acids is 1. The van der Waals surface area contributed by atoms with E-state index in [-0.39, 0.29) is 45.5 Å². The van der Waals surface area contributed by atoms with Gasteiger partial charge in [-0.2, -0.15) is 4.98 Å². The van der Waals surface area contributed by atoms with Crippen LogP contribution in [0.1, 0.15) is 12.6 Å². The number of carbonyl (C=O) groups is 3. The summed E-state index contributed by atoms with van der Waals surface area (Å²) in [5, 5.41) is 77.2. The summed E-state index contributed by atoms with van der Waals surface area (Å²) in [5.41, 5.74) is 4.48. The van der Waals surface area contributed by atoms with E-state index in [0.717, 1.165) is 10.8 Å². The molecule has 0 spiro atoms. The smallest absolute Gasteiger partial charge is 0.475 e. The highest BCUT2D eigenvalue weighted by Gasteiger charge is 2.59. The molecule has 30 heteroatoms. The molecular formula is C34H58N5O24P. The number of ether oxygens (including phenoxy) is 9. The van der Waals surface area contributed by atoms with Gasteiger partial charge in [0.15, 0.2) is 6.23 Å². The number of phosphoric ester groups is 1. The number of aliphatic hydroxyl groups excluding tert-OH is 6. The maximum Gasteiger partial charge on any atom is 0.475 e. The van der Waals surface area contributed by atoms with Crippen LogP contribution in [0.25, 0.3) is 0 Å². The zero-order chi connectivity index (χ0) is 47.5. The monoisotopic (exact) mass is 951 g/mol. The van der Waals surface area contributed by atoms with Crippen LogP contribution in [0, 0.1) is 0 Å². The molecule has 0 bridgehead atoms. The van der Waals surface area contributed by atoms with Gasteiger partial charge in [-0.3, -0.25) is 13.9 Å². The first-order valence-corrected chi connectivity index (χ1v) is 21.0. The van der Waals surface area contributed by atoms with Crippen LogP contribution in [0.4, 0.5) is 10.6 Å². The van der Waals surface area contributed by atoms with Crippen LogP contribution >= 0.6 is 7.82 Å². The number of anilines is 1. The summed E-state index contributed by atoms with van der Waals surface area (Å²) in [4.78, 5) is 64.5. The third-order valence-electron chi connectivity index (χ3n) is 9.19. The Morgan fingerprint density at radius 2 is 1.64 bits per heavy atom. The number of nitrogens with zero attached hydrogens (tertiary/aromatic N) is 2. The molecule has 0 aromatic carbocycles. The van der Waals surface area contributed by atoms with Crippen molar-refractivity contribution in [2.75, 3.05) is 106 Å². The van der Waals surface area contributed by atoms with E-state index < -0.39 is 125 Å². The summed E-state index contributed by atoms with van der Waals surface area (Å²) >= 11 is 0. The van der Waals surface area contributed by atoms with E-state index in [1.807, 2.05) is 0 Å². The number of carboxylic acids is 1. The Morgan fingerprint density at radius 1 is 1.00 bits per heavy atom. The molecule has 2 aliphatic rings. The number of hydrogen-bond donors (Lipinski definition) is 11. The number of rotatable bonds is 30. The van der Waals surface area contributed by atoms with Crippen LogP contribution in [0.15, 0.2) is 17.1 Å². The number of aliphatic hydroxyl groups is 6. The van der Waals surface area contributed by atoms with E-state index in [9.17, 15) is 64.4 Å². The number of carboxylic acid groups (broad SMARTS) is 1. The first kappa shape index (κ1) is 54.8. The zero-order valence-corrected chi connectivity index (χ0v) is 35.8. The van der Waals surface area contributed by atoms with Crippen LogP contribution in [0.5, 0.6) is 0 Å². The Morgan fingerprint density at radius 3 is 2.27 bits per heavy atom. The molecule has 368 valence electrons. The molecule has 2 saturated heterocycles. The Balaban J connectivity index is 1.62. The van der Waals surface area contributed by atoms with Crippen LogP contribution in [-0.2, 0) is 65.8 Å². The minimum Gasteiger partial charge on any atom is -0.477 e. The zero-order valence-electron chi connectivity index (χ0n) is 34.9. The Labute approximate surface area is 364 Å². The number of hydrogen-bond acceptors (Lipinski definition) is 24. The molecule has 1 aromatic rings. The van der Waals surface area contributed by atoms with Crippen molar-refractivity contribution in [1.29, 1.82) is 0 Å². The second-order valence-electron chi connectivity index (χ2n) is 13.9. The lowest BCUT2D eigenvalue weighted by atomic mass is 9.88. The molecule has 2 amide bonds. The molecule has 0 radical (unpaired) electrons. The fourth-order valence-corrected chi connectivity index (χ4v) is 6.89.